The van der Waals surface area contributed by atoms with Crippen LogP contribution in [0.15, 0.2) is 60.7 Å². The number of carbonyl (C=O) groups is 1. The molecule has 0 aliphatic carbocycles. The van der Waals surface area contributed by atoms with Crippen molar-refractivity contribution in [2.24, 2.45) is 0 Å². The highest BCUT2D eigenvalue weighted by atomic mass is 19.1. The third-order valence-electron chi connectivity index (χ3n) is 4.91. The Morgan fingerprint density at radius 1 is 1.10 bits per heavy atom. The van der Waals surface area contributed by atoms with E-state index >= 15 is 0 Å². The quantitative estimate of drug-likeness (QED) is 0.632. The monoisotopic (exact) mass is 421 g/mol. The minimum absolute atomic E-state index is 0.152. The number of carbonyl (C=O) groups excluding carboxylic acids is 1. The van der Waals surface area contributed by atoms with Gasteiger partial charge >= 0.3 is 0 Å². The summed E-state index contributed by atoms with van der Waals surface area (Å²) in [6.45, 7) is 3.70. The average Bonchev–Trinajstić information content (AvgIpc) is 2.76. The summed E-state index contributed by atoms with van der Waals surface area (Å²) >= 11 is 0. The number of aromatic nitrogens is 2. The topological polar surface area (TPSA) is 79.4 Å². The van der Waals surface area contributed by atoms with Crippen LogP contribution in [0, 0.1) is 12.7 Å². The maximum atomic E-state index is 13.8. The van der Waals surface area contributed by atoms with Crippen molar-refractivity contribution in [2.75, 3.05) is 36.9 Å². The number of nitrogens with one attached hydrogen (secondary N) is 2. The molecule has 0 bridgehead atoms. The first-order valence-corrected chi connectivity index (χ1v) is 10.1. The zero-order chi connectivity index (χ0) is 21.6. The highest BCUT2D eigenvalue weighted by molar-refractivity contribution is 5.92. The van der Waals surface area contributed by atoms with Crippen LogP contribution in [0.2, 0.25) is 0 Å². The summed E-state index contributed by atoms with van der Waals surface area (Å²) in [7, 11) is 0. The Morgan fingerprint density at radius 2 is 1.87 bits per heavy atom. The van der Waals surface area contributed by atoms with Crippen molar-refractivity contribution >= 4 is 23.2 Å². The molecule has 7 nitrogen and oxygen atoms in total. The van der Waals surface area contributed by atoms with Crippen molar-refractivity contribution in [1.29, 1.82) is 0 Å². The van der Waals surface area contributed by atoms with E-state index < -0.39 is 5.82 Å². The number of pyridine rings is 2. The van der Waals surface area contributed by atoms with Crippen LogP contribution in [0.1, 0.15) is 17.5 Å². The molecule has 1 aromatic carbocycles. The number of ether oxygens (including phenoxy) is 1. The molecule has 3 heterocycles. The van der Waals surface area contributed by atoms with Crippen LogP contribution in [0.25, 0.3) is 0 Å². The Hall–Kier alpha value is -3.36. The molecule has 1 fully saturated rings. The number of hydrogen-bond acceptors (Lipinski definition) is 6. The van der Waals surface area contributed by atoms with Crippen LogP contribution in [0.3, 0.4) is 0 Å². The molecule has 1 saturated heterocycles. The van der Waals surface area contributed by atoms with E-state index in [1.54, 1.807) is 18.2 Å². The molecule has 160 valence electrons. The predicted octanol–water partition coefficient (Wildman–Crippen LogP) is 3.68. The summed E-state index contributed by atoms with van der Waals surface area (Å²) in [6.07, 6.45) is -0.262. The average molecular weight is 421 g/mol. The zero-order valence-corrected chi connectivity index (χ0v) is 17.2. The van der Waals surface area contributed by atoms with Crippen molar-refractivity contribution < 1.29 is 13.9 Å². The van der Waals surface area contributed by atoms with Crippen LogP contribution in [-0.2, 0) is 9.53 Å². The Bertz CT molecular complexity index is 1060. The van der Waals surface area contributed by atoms with Gasteiger partial charge < -0.3 is 15.4 Å². The highest BCUT2D eigenvalue weighted by Crippen LogP contribution is 2.23. The highest BCUT2D eigenvalue weighted by Gasteiger charge is 2.25. The SMILES string of the molecule is Cc1cccc(Nc2cccc([C@@H]3CN(CC(=O)Nc4ccccc4F)CCO3)n2)n1. The fraction of sp³-hybridized carbons (Fsp3) is 0.261. The molecule has 8 heteroatoms. The van der Waals surface area contributed by atoms with Crippen molar-refractivity contribution in [1.82, 2.24) is 14.9 Å². The summed E-state index contributed by atoms with van der Waals surface area (Å²) in [5.74, 6) is 0.682. The van der Waals surface area contributed by atoms with Gasteiger partial charge in [0.25, 0.3) is 0 Å². The van der Waals surface area contributed by atoms with E-state index in [1.165, 1.54) is 6.07 Å². The summed E-state index contributed by atoms with van der Waals surface area (Å²) < 4.78 is 19.7. The lowest BCUT2D eigenvalue weighted by atomic mass is 10.2. The smallest absolute Gasteiger partial charge is 0.238 e. The largest absolute Gasteiger partial charge is 0.369 e. The minimum Gasteiger partial charge on any atom is -0.369 e. The number of morpholine rings is 1. The second-order valence-corrected chi connectivity index (χ2v) is 7.36. The summed E-state index contributed by atoms with van der Waals surface area (Å²) in [5.41, 5.74) is 1.88. The standard InChI is InChI=1S/C23H24FN5O2/c1-16-6-4-10-21(25-16)28-22-11-5-9-19(26-22)20-14-29(12-13-31-20)15-23(30)27-18-8-3-2-7-17(18)24/h2-11,20H,12-15H2,1H3,(H,27,30)(H,25,26,28)/t20-/m0/s1. The molecular formula is C23H24FN5O2. The number of benzene rings is 1. The maximum absolute atomic E-state index is 13.8. The van der Waals surface area contributed by atoms with E-state index in [1.807, 2.05) is 48.2 Å². The van der Waals surface area contributed by atoms with Crippen molar-refractivity contribution in [3.63, 3.8) is 0 Å². The van der Waals surface area contributed by atoms with E-state index in [-0.39, 0.29) is 24.2 Å². The molecule has 0 unspecified atom stereocenters. The van der Waals surface area contributed by atoms with Crippen molar-refractivity contribution in [2.45, 2.75) is 13.0 Å². The molecule has 1 amide bonds. The van der Waals surface area contributed by atoms with E-state index in [0.29, 0.717) is 25.5 Å². The number of hydrogen-bond donors (Lipinski definition) is 2. The number of nitrogens with zero attached hydrogens (tertiary/aromatic N) is 3. The number of halogens is 1. The van der Waals surface area contributed by atoms with Crippen LogP contribution < -0.4 is 10.6 Å². The van der Waals surface area contributed by atoms with Crippen molar-refractivity contribution in [3.05, 3.63) is 77.9 Å². The van der Waals surface area contributed by atoms with E-state index in [0.717, 1.165) is 17.2 Å². The molecule has 0 radical (unpaired) electrons. The maximum Gasteiger partial charge on any atom is 0.238 e. The third kappa shape index (κ3) is 5.62. The number of amides is 1. The molecule has 4 rings (SSSR count). The van der Waals surface area contributed by atoms with E-state index in [9.17, 15) is 9.18 Å². The van der Waals surface area contributed by atoms with Gasteiger partial charge in [-0.1, -0.05) is 24.3 Å². The van der Waals surface area contributed by atoms with Gasteiger partial charge in [0.15, 0.2) is 0 Å². The van der Waals surface area contributed by atoms with Crippen LogP contribution in [0.4, 0.5) is 21.7 Å². The summed E-state index contributed by atoms with van der Waals surface area (Å²) in [6, 6.07) is 17.6. The lowest BCUT2D eigenvalue weighted by Gasteiger charge is -2.32. The van der Waals surface area contributed by atoms with Gasteiger partial charge in [-0.3, -0.25) is 9.69 Å². The van der Waals surface area contributed by atoms with Gasteiger partial charge in [0.2, 0.25) is 5.91 Å². The molecule has 2 N–H and O–H groups in total. The van der Waals surface area contributed by atoms with Crippen LogP contribution in [0.5, 0.6) is 0 Å². The Kier molecular flexibility index (Phi) is 6.49. The summed E-state index contributed by atoms with van der Waals surface area (Å²) in [5, 5.41) is 5.83. The Morgan fingerprint density at radius 3 is 2.68 bits per heavy atom. The van der Waals surface area contributed by atoms with Gasteiger partial charge in [0, 0.05) is 18.8 Å². The molecule has 0 saturated carbocycles. The zero-order valence-electron chi connectivity index (χ0n) is 17.2. The van der Waals surface area contributed by atoms with Gasteiger partial charge in [-0.15, -0.1) is 0 Å². The van der Waals surface area contributed by atoms with Gasteiger partial charge in [0.1, 0.15) is 23.6 Å². The van der Waals surface area contributed by atoms with Gasteiger partial charge in [-0.05, 0) is 43.3 Å². The summed E-state index contributed by atoms with van der Waals surface area (Å²) in [4.78, 5) is 23.4. The molecule has 2 aromatic heterocycles. The first kappa shape index (κ1) is 20.9. The fourth-order valence-electron chi connectivity index (χ4n) is 3.42. The van der Waals surface area contributed by atoms with Crippen LogP contribution >= 0.6 is 0 Å². The fourth-order valence-corrected chi connectivity index (χ4v) is 3.42. The van der Waals surface area contributed by atoms with Gasteiger partial charge in [0.05, 0.1) is 24.5 Å². The van der Waals surface area contributed by atoms with Gasteiger partial charge in [-0.2, -0.15) is 0 Å². The van der Waals surface area contributed by atoms with Crippen molar-refractivity contribution in [3.8, 4) is 0 Å². The molecule has 1 atom stereocenters. The first-order valence-electron chi connectivity index (χ1n) is 10.1. The number of rotatable bonds is 6. The Balaban J connectivity index is 1.38. The molecule has 3 aromatic rings. The Labute approximate surface area is 180 Å². The minimum atomic E-state index is -0.452. The number of para-hydroxylation sites is 1. The van der Waals surface area contributed by atoms with Crippen LogP contribution in [-0.4, -0.2) is 47.0 Å². The third-order valence-corrected chi connectivity index (χ3v) is 4.91. The number of aryl methyl sites for hydroxylation is 1. The molecule has 31 heavy (non-hydrogen) atoms. The van der Waals surface area contributed by atoms with E-state index in [4.69, 9.17) is 4.74 Å². The van der Waals surface area contributed by atoms with Gasteiger partial charge in [-0.25, -0.2) is 14.4 Å². The second kappa shape index (κ2) is 9.63. The van der Waals surface area contributed by atoms with E-state index in [2.05, 4.69) is 20.6 Å². The molecule has 1 aliphatic rings. The first-order chi connectivity index (χ1) is 15.1. The molecule has 1 aliphatic heterocycles. The predicted molar refractivity (Wildman–Crippen MR) is 117 cm³/mol. The molecular weight excluding hydrogens is 397 g/mol. The lowest BCUT2D eigenvalue weighted by molar-refractivity contribution is -0.119. The second-order valence-electron chi connectivity index (χ2n) is 7.36. The number of anilines is 3. The molecule has 0 spiro atoms. The normalized spacial score (nSPS) is 16.6. The lowest BCUT2D eigenvalue weighted by Crippen LogP contribution is -2.42.